The van der Waals surface area contributed by atoms with Gasteiger partial charge in [0.1, 0.15) is 5.69 Å². The Kier molecular flexibility index (Phi) is 6.64. The molecule has 2 heterocycles. The van der Waals surface area contributed by atoms with Crippen LogP contribution in [0.2, 0.25) is 0 Å². The zero-order valence-corrected chi connectivity index (χ0v) is 19.1. The van der Waals surface area contributed by atoms with Gasteiger partial charge >= 0.3 is 0 Å². The van der Waals surface area contributed by atoms with Crippen LogP contribution in [0.1, 0.15) is 16.1 Å². The Hall–Kier alpha value is -3.96. The zero-order valence-electron chi connectivity index (χ0n) is 19.1. The number of para-hydroxylation sites is 1. The van der Waals surface area contributed by atoms with Crippen molar-refractivity contribution < 1.29 is 4.79 Å². The number of carbonyl (C=O) groups excluding carboxylic acids is 1. The average Bonchev–Trinajstić information content (AvgIpc) is 3.36. The normalized spacial score (nSPS) is 14.5. The Morgan fingerprint density at radius 1 is 0.794 bits per heavy atom. The molecule has 4 aromatic rings. The van der Waals surface area contributed by atoms with Crippen molar-refractivity contribution in [2.24, 2.45) is 0 Å². The molecule has 0 radical (unpaired) electrons. The largest absolute Gasteiger partial charge is 0.335 e. The fourth-order valence-corrected chi connectivity index (χ4v) is 4.25. The smallest absolute Gasteiger partial charge is 0.272 e. The Labute approximate surface area is 200 Å². The number of piperazine rings is 1. The van der Waals surface area contributed by atoms with Crippen LogP contribution in [-0.2, 0) is 0 Å². The summed E-state index contributed by atoms with van der Waals surface area (Å²) in [6.07, 6.45) is 4.35. The molecule has 1 aromatic heterocycles. The van der Waals surface area contributed by atoms with Crippen molar-refractivity contribution in [2.45, 2.75) is 0 Å². The van der Waals surface area contributed by atoms with Gasteiger partial charge in [-0.25, -0.2) is 4.68 Å². The standard InChI is InChI=1S/C29H28N4O/c34-29(32-21-19-31(20-22-32)18-10-13-24-11-4-1-5-12-24)28-23-27(25-14-6-2-7-15-25)30-33(28)26-16-8-3-9-17-26/h1-17,23H,18-22H2/b13-10+. The molecule has 5 heteroatoms. The molecule has 170 valence electrons. The van der Waals surface area contributed by atoms with Crippen LogP contribution in [0.3, 0.4) is 0 Å². The highest BCUT2D eigenvalue weighted by atomic mass is 16.2. The molecule has 1 saturated heterocycles. The molecule has 5 rings (SSSR count). The first-order valence-electron chi connectivity index (χ1n) is 11.7. The predicted molar refractivity (Wildman–Crippen MR) is 137 cm³/mol. The predicted octanol–water partition coefficient (Wildman–Crippen LogP) is 5.01. The van der Waals surface area contributed by atoms with Gasteiger partial charge in [0.05, 0.1) is 11.4 Å². The fraction of sp³-hybridized carbons (Fsp3) is 0.172. The maximum absolute atomic E-state index is 13.6. The number of carbonyl (C=O) groups is 1. The molecule has 0 aliphatic carbocycles. The van der Waals surface area contributed by atoms with Gasteiger partial charge in [-0.3, -0.25) is 9.69 Å². The minimum absolute atomic E-state index is 0.0259. The van der Waals surface area contributed by atoms with E-state index in [9.17, 15) is 4.79 Å². The van der Waals surface area contributed by atoms with Gasteiger partial charge in [-0.15, -0.1) is 0 Å². The van der Waals surface area contributed by atoms with E-state index in [0.29, 0.717) is 18.8 Å². The average molecular weight is 449 g/mol. The maximum Gasteiger partial charge on any atom is 0.272 e. The van der Waals surface area contributed by atoms with Gasteiger partial charge < -0.3 is 4.90 Å². The first-order chi connectivity index (χ1) is 16.8. The number of rotatable bonds is 6. The van der Waals surface area contributed by atoms with Crippen molar-refractivity contribution in [2.75, 3.05) is 32.7 Å². The van der Waals surface area contributed by atoms with Gasteiger partial charge in [-0.2, -0.15) is 5.10 Å². The minimum atomic E-state index is 0.0259. The fourth-order valence-electron chi connectivity index (χ4n) is 4.25. The number of nitrogens with zero attached hydrogens (tertiary/aromatic N) is 4. The summed E-state index contributed by atoms with van der Waals surface area (Å²) in [6, 6.07) is 32.1. The summed E-state index contributed by atoms with van der Waals surface area (Å²) in [5.41, 5.74) is 4.50. The Morgan fingerprint density at radius 2 is 1.41 bits per heavy atom. The van der Waals surface area contributed by atoms with E-state index in [-0.39, 0.29) is 5.91 Å². The lowest BCUT2D eigenvalue weighted by atomic mass is 10.1. The number of amides is 1. The van der Waals surface area contributed by atoms with Crippen LogP contribution in [0.4, 0.5) is 0 Å². The lowest BCUT2D eigenvalue weighted by molar-refractivity contribution is 0.0641. The van der Waals surface area contributed by atoms with Crippen molar-refractivity contribution in [1.82, 2.24) is 19.6 Å². The molecular formula is C29H28N4O. The summed E-state index contributed by atoms with van der Waals surface area (Å²) in [7, 11) is 0. The van der Waals surface area contributed by atoms with E-state index in [0.717, 1.165) is 36.6 Å². The highest BCUT2D eigenvalue weighted by Gasteiger charge is 2.26. The van der Waals surface area contributed by atoms with E-state index in [1.54, 1.807) is 4.68 Å². The molecular weight excluding hydrogens is 420 g/mol. The second-order valence-electron chi connectivity index (χ2n) is 8.43. The van der Waals surface area contributed by atoms with Crippen LogP contribution < -0.4 is 0 Å². The third-order valence-electron chi connectivity index (χ3n) is 6.13. The van der Waals surface area contributed by atoms with Crippen molar-refractivity contribution in [3.63, 3.8) is 0 Å². The lowest BCUT2D eigenvalue weighted by Gasteiger charge is -2.34. The van der Waals surface area contributed by atoms with Gasteiger partial charge in [0.25, 0.3) is 5.91 Å². The minimum Gasteiger partial charge on any atom is -0.335 e. The van der Waals surface area contributed by atoms with E-state index in [1.165, 1.54) is 5.56 Å². The van der Waals surface area contributed by atoms with Crippen LogP contribution in [-0.4, -0.2) is 58.2 Å². The first-order valence-corrected chi connectivity index (χ1v) is 11.7. The molecule has 3 aromatic carbocycles. The summed E-state index contributed by atoms with van der Waals surface area (Å²) in [6.45, 7) is 4.01. The monoisotopic (exact) mass is 448 g/mol. The number of benzene rings is 3. The Morgan fingerprint density at radius 3 is 2.09 bits per heavy atom. The summed E-state index contributed by atoms with van der Waals surface area (Å²) in [5, 5.41) is 4.80. The third kappa shape index (κ3) is 5.00. The molecule has 34 heavy (non-hydrogen) atoms. The van der Waals surface area contributed by atoms with E-state index in [1.807, 2.05) is 89.8 Å². The van der Waals surface area contributed by atoms with E-state index < -0.39 is 0 Å². The Bertz CT molecular complexity index is 1240. The maximum atomic E-state index is 13.6. The second-order valence-corrected chi connectivity index (χ2v) is 8.43. The van der Waals surface area contributed by atoms with Gasteiger partial charge in [0.15, 0.2) is 0 Å². The van der Waals surface area contributed by atoms with Crippen LogP contribution >= 0.6 is 0 Å². The molecule has 0 spiro atoms. The molecule has 0 saturated carbocycles. The van der Waals surface area contributed by atoms with E-state index in [2.05, 4.69) is 29.2 Å². The summed E-state index contributed by atoms with van der Waals surface area (Å²) >= 11 is 0. The van der Waals surface area contributed by atoms with Crippen molar-refractivity contribution in [3.05, 3.63) is 114 Å². The topological polar surface area (TPSA) is 41.4 Å². The van der Waals surface area contributed by atoms with Gasteiger partial charge in [0.2, 0.25) is 0 Å². The lowest BCUT2D eigenvalue weighted by Crippen LogP contribution is -2.49. The molecule has 1 aliphatic heterocycles. The molecule has 1 fully saturated rings. The first kappa shape index (κ1) is 21.9. The molecule has 5 nitrogen and oxygen atoms in total. The molecule has 1 aliphatic rings. The van der Waals surface area contributed by atoms with Crippen molar-refractivity contribution >= 4 is 12.0 Å². The molecule has 0 N–H and O–H groups in total. The van der Waals surface area contributed by atoms with Crippen molar-refractivity contribution in [3.8, 4) is 16.9 Å². The Balaban J connectivity index is 1.30. The summed E-state index contributed by atoms with van der Waals surface area (Å²) in [5.74, 6) is 0.0259. The van der Waals surface area contributed by atoms with Crippen LogP contribution in [0, 0.1) is 0 Å². The van der Waals surface area contributed by atoms with Crippen molar-refractivity contribution in [1.29, 1.82) is 0 Å². The van der Waals surface area contributed by atoms with Crippen LogP contribution in [0.25, 0.3) is 23.0 Å². The molecule has 0 atom stereocenters. The molecule has 0 bridgehead atoms. The third-order valence-corrected chi connectivity index (χ3v) is 6.13. The van der Waals surface area contributed by atoms with Gasteiger partial charge in [-0.05, 0) is 23.8 Å². The van der Waals surface area contributed by atoms with E-state index >= 15 is 0 Å². The molecule has 0 unspecified atom stereocenters. The van der Waals surface area contributed by atoms with Crippen LogP contribution in [0.15, 0.2) is 103 Å². The second kappa shape index (κ2) is 10.3. The summed E-state index contributed by atoms with van der Waals surface area (Å²) in [4.78, 5) is 17.9. The SMILES string of the molecule is O=C(c1cc(-c2ccccc2)nn1-c1ccccc1)N1CCN(C/C=C/c2ccccc2)CC1. The van der Waals surface area contributed by atoms with Gasteiger partial charge in [-0.1, -0.05) is 91.0 Å². The summed E-state index contributed by atoms with van der Waals surface area (Å²) < 4.78 is 1.78. The number of hydrogen-bond acceptors (Lipinski definition) is 3. The number of hydrogen-bond donors (Lipinski definition) is 0. The molecule has 1 amide bonds. The van der Waals surface area contributed by atoms with E-state index in [4.69, 9.17) is 5.10 Å². The number of aromatic nitrogens is 2. The van der Waals surface area contributed by atoms with Crippen LogP contribution in [0.5, 0.6) is 0 Å². The van der Waals surface area contributed by atoms with Gasteiger partial charge in [0, 0.05) is 38.3 Å². The quantitative estimate of drug-likeness (QED) is 0.416. The highest BCUT2D eigenvalue weighted by molar-refractivity contribution is 5.94. The zero-order chi connectivity index (χ0) is 23.2. The highest BCUT2D eigenvalue weighted by Crippen LogP contribution is 2.23.